The molecular formula is C20H21F2N5O. The minimum atomic E-state index is -0.973. The number of nitrogens with zero attached hydrogens (tertiary/aromatic N) is 4. The minimum absolute atomic E-state index is 0.0780. The van der Waals surface area contributed by atoms with Crippen molar-refractivity contribution in [1.29, 1.82) is 0 Å². The Bertz CT molecular complexity index is 1030. The van der Waals surface area contributed by atoms with Crippen LogP contribution in [0, 0.1) is 5.82 Å². The average Bonchev–Trinajstić information content (AvgIpc) is 3.09. The molecule has 0 radical (unpaired) electrons. The summed E-state index contributed by atoms with van der Waals surface area (Å²) in [6, 6.07) is 5.84. The van der Waals surface area contributed by atoms with Crippen LogP contribution in [0.15, 0.2) is 36.7 Å². The maximum absolute atomic E-state index is 14.4. The Morgan fingerprint density at radius 3 is 2.86 bits per heavy atom. The Labute approximate surface area is 161 Å². The maximum atomic E-state index is 14.4. The fraction of sp³-hybridized carbons (Fsp3) is 0.350. The summed E-state index contributed by atoms with van der Waals surface area (Å²) in [7, 11) is 0. The minimum Gasteiger partial charge on any atom is -0.319 e. The molecule has 1 aliphatic heterocycles. The summed E-state index contributed by atoms with van der Waals surface area (Å²) in [5.74, 6) is -0.0957. The predicted molar refractivity (Wildman–Crippen MR) is 103 cm³/mol. The second-order valence-corrected chi connectivity index (χ2v) is 7.16. The summed E-state index contributed by atoms with van der Waals surface area (Å²) in [5, 5.41) is 7.84. The number of hydrogen-bond acceptors (Lipinski definition) is 3. The third-order valence-electron chi connectivity index (χ3n) is 5.13. The first-order valence-corrected chi connectivity index (χ1v) is 9.30. The van der Waals surface area contributed by atoms with Gasteiger partial charge in [0.05, 0.1) is 13.1 Å². The molecule has 2 aromatic heterocycles. The van der Waals surface area contributed by atoms with Crippen LogP contribution in [0.3, 0.4) is 0 Å². The molecule has 0 saturated carbocycles. The van der Waals surface area contributed by atoms with Crippen LogP contribution in [0.5, 0.6) is 0 Å². The predicted octanol–water partition coefficient (Wildman–Crippen LogP) is 4.26. The van der Waals surface area contributed by atoms with Crippen molar-refractivity contribution >= 4 is 22.8 Å². The van der Waals surface area contributed by atoms with E-state index in [-0.39, 0.29) is 18.8 Å². The summed E-state index contributed by atoms with van der Waals surface area (Å²) in [6.45, 7) is 4.40. The molecule has 0 aliphatic carbocycles. The number of benzene rings is 1. The van der Waals surface area contributed by atoms with Crippen LogP contribution in [0.25, 0.3) is 16.7 Å². The monoisotopic (exact) mass is 385 g/mol. The van der Waals surface area contributed by atoms with Crippen molar-refractivity contribution in [2.45, 2.75) is 32.4 Å². The first-order valence-electron chi connectivity index (χ1n) is 9.30. The highest BCUT2D eigenvalue weighted by Crippen LogP contribution is 2.24. The number of urea groups is 1. The van der Waals surface area contributed by atoms with E-state index >= 15 is 0 Å². The molecule has 3 heterocycles. The number of aromatic nitrogens is 3. The van der Waals surface area contributed by atoms with Gasteiger partial charge in [-0.3, -0.25) is 0 Å². The zero-order valence-corrected chi connectivity index (χ0v) is 15.7. The van der Waals surface area contributed by atoms with Gasteiger partial charge < -0.3 is 10.2 Å². The van der Waals surface area contributed by atoms with Gasteiger partial charge in [-0.2, -0.15) is 0 Å². The fourth-order valence-electron chi connectivity index (χ4n) is 3.12. The third kappa shape index (κ3) is 3.42. The van der Waals surface area contributed by atoms with Crippen molar-refractivity contribution in [1.82, 2.24) is 19.7 Å². The Morgan fingerprint density at radius 1 is 1.36 bits per heavy atom. The van der Waals surface area contributed by atoms with E-state index < -0.39 is 18.0 Å². The zero-order chi connectivity index (χ0) is 19.8. The van der Waals surface area contributed by atoms with E-state index in [4.69, 9.17) is 0 Å². The van der Waals surface area contributed by atoms with Crippen LogP contribution in [-0.4, -0.2) is 45.0 Å². The van der Waals surface area contributed by atoms with E-state index in [1.807, 2.05) is 6.07 Å². The molecule has 1 fully saturated rings. The molecule has 2 amide bonds. The molecule has 1 aromatic carbocycles. The number of carbonyl (C=O) groups excluding carboxylic acids is 1. The van der Waals surface area contributed by atoms with Gasteiger partial charge in [0, 0.05) is 23.5 Å². The van der Waals surface area contributed by atoms with Crippen molar-refractivity contribution in [3.8, 4) is 5.69 Å². The average molecular weight is 385 g/mol. The van der Waals surface area contributed by atoms with Gasteiger partial charge in [-0.15, -0.1) is 5.10 Å². The number of likely N-dealkylation sites (tertiary alicyclic amines) is 1. The van der Waals surface area contributed by atoms with Gasteiger partial charge in [0.2, 0.25) is 0 Å². The topological polar surface area (TPSA) is 63.1 Å². The molecule has 1 atom stereocenters. The van der Waals surface area contributed by atoms with Crippen molar-refractivity contribution in [3.63, 3.8) is 0 Å². The van der Waals surface area contributed by atoms with E-state index in [9.17, 15) is 13.6 Å². The van der Waals surface area contributed by atoms with E-state index in [0.29, 0.717) is 17.3 Å². The van der Waals surface area contributed by atoms with Gasteiger partial charge >= 0.3 is 6.03 Å². The number of fused-ring (bicyclic) bond motifs is 1. The van der Waals surface area contributed by atoms with Crippen molar-refractivity contribution in [2.24, 2.45) is 0 Å². The standard InChI is InChI=1S/C20H21F2N5O/c1-3-12(2)13-6-14-9-27(25-19(14)23-8-13)18-7-16(4-5-17(18)22)24-20(28)26-10-15(21)11-26/h4-9,12,15H,3,10-11H2,1-2H3,(H,24,28). The SMILES string of the molecule is CCC(C)c1cnc2nn(-c3cc(NC(=O)N4CC(F)C4)ccc3F)cc2c1. The second kappa shape index (κ2) is 7.18. The summed E-state index contributed by atoms with van der Waals surface area (Å²) in [6.07, 6.45) is 3.55. The molecule has 1 unspecified atom stereocenters. The second-order valence-electron chi connectivity index (χ2n) is 7.16. The summed E-state index contributed by atoms with van der Waals surface area (Å²) < 4.78 is 28.8. The Balaban J connectivity index is 1.62. The lowest BCUT2D eigenvalue weighted by molar-refractivity contribution is 0.0974. The van der Waals surface area contributed by atoms with Gasteiger partial charge in [0.25, 0.3) is 0 Å². The number of pyridine rings is 1. The van der Waals surface area contributed by atoms with Gasteiger partial charge in [-0.25, -0.2) is 23.2 Å². The smallest absolute Gasteiger partial charge is 0.319 e. The number of rotatable bonds is 4. The highest BCUT2D eigenvalue weighted by Gasteiger charge is 2.30. The van der Waals surface area contributed by atoms with Gasteiger partial charge in [0.1, 0.15) is 17.7 Å². The number of anilines is 1. The molecule has 1 N–H and O–H groups in total. The molecule has 4 rings (SSSR count). The number of carbonyl (C=O) groups is 1. The van der Waals surface area contributed by atoms with Crippen LogP contribution >= 0.6 is 0 Å². The van der Waals surface area contributed by atoms with E-state index in [2.05, 4.69) is 29.2 Å². The van der Waals surface area contributed by atoms with Crippen molar-refractivity contribution < 1.29 is 13.6 Å². The molecule has 3 aromatic rings. The van der Waals surface area contributed by atoms with Crippen molar-refractivity contribution in [3.05, 3.63) is 48.0 Å². The molecule has 0 bridgehead atoms. The van der Waals surface area contributed by atoms with E-state index in [1.165, 1.54) is 27.8 Å². The number of amides is 2. The Kier molecular flexibility index (Phi) is 4.70. The largest absolute Gasteiger partial charge is 0.322 e. The molecule has 8 heteroatoms. The van der Waals surface area contributed by atoms with Crippen molar-refractivity contribution in [2.75, 3.05) is 18.4 Å². The maximum Gasteiger partial charge on any atom is 0.322 e. The molecule has 1 aliphatic rings. The highest BCUT2D eigenvalue weighted by molar-refractivity contribution is 5.90. The molecular weight excluding hydrogens is 364 g/mol. The quantitative estimate of drug-likeness (QED) is 0.730. The molecule has 6 nitrogen and oxygen atoms in total. The van der Waals surface area contributed by atoms with Crippen LogP contribution < -0.4 is 5.32 Å². The van der Waals surface area contributed by atoms with Crippen LogP contribution in [0.2, 0.25) is 0 Å². The molecule has 28 heavy (non-hydrogen) atoms. The summed E-state index contributed by atoms with van der Waals surface area (Å²) in [5.41, 5.74) is 2.25. The molecule has 146 valence electrons. The fourth-order valence-corrected chi connectivity index (χ4v) is 3.12. The summed E-state index contributed by atoms with van der Waals surface area (Å²) >= 11 is 0. The van der Waals surface area contributed by atoms with Gasteiger partial charge in [-0.05, 0) is 42.2 Å². The molecule has 0 spiro atoms. The first kappa shape index (κ1) is 18.3. The van der Waals surface area contributed by atoms with Crippen LogP contribution in [-0.2, 0) is 0 Å². The van der Waals surface area contributed by atoms with E-state index in [0.717, 1.165) is 17.4 Å². The highest BCUT2D eigenvalue weighted by atomic mass is 19.1. The normalized spacial score (nSPS) is 15.5. The number of nitrogens with one attached hydrogen (secondary N) is 1. The van der Waals surface area contributed by atoms with Crippen LogP contribution in [0.4, 0.5) is 19.3 Å². The number of halogens is 2. The Hall–Kier alpha value is -3.03. The number of hydrogen-bond donors (Lipinski definition) is 1. The summed E-state index contributed by atoms with van der Waals surface area (Å²) in [4.78, 5) is 17.8. The number of alkyl halides is 1. The van der Waals surface area contributed by atoms with Crippen LogP contribution in [0.1, 0.15) is 31.7 Å². The molecule has 1 saturated heterocycles. The lowest BCUT2D eigenvalue weighted by Gasteiger charge is -2.34. The third-order valence-corrected chi connectivity index (χ3v) is 5.13. The lowest BCUT2D eigenvalue weighted by Crippen LogP contribution is -2.53. The zero-order valence-electron chi connectivity index (χ0n) is 15.7. The Morgan fingerprint density at radius 2 is 2.14 bits per heavy atom. The van der Waals surface area contributed by atoms with Gasteiger partial charge in [0.15, 0.2) is 5.65 Å². The van der Waals surface area contributed by atoms with E-state index in [1.54, 1.807) is 12.4 Å². The lowest BCUT2D eigenvalue weighted by atomic mass is 10.0. The van der Waals surface area contributed by atoms with Gasteiger partial charge in [-0.1, -0.05) is 13.8 Å². The first-order chi connectivity index (χ1) is 13.4.